The molecule has 3 aliphatic rings. The maximum Gasteiger partial charge on any atom is 0.257 e. The molecule has 284 valence electrons. The van der Waals surface area contributed by atoms with Gasteiger partial charge in [-0.2, -0.15) is 0 Å². The summed E-state index contributed by atoms with van der Waals surface area (Å²) in [7, 11) is -1.84. The molecule has 4 heteroatoms. The van der Waals surface area contributed by atoms with Gasteiger partial charge in [0.1, 0.15) is 11.5 Å². The Kier molecular flexibility index (Phi) is 9.75. The highest BCUT2D eigenvalue weighted by Crippen LogP contribution is 2.55. The van der Waals surface area contributed by atoms with Crippen LogP contribution in [0, 0.1) is 67.2 Å². The third kappa shape index (κ3) is 6.06. The lowest BCUT2D eigenvalue weighted by Gasteiger charge is -2.54. The second-order valence-corrected chi connectivity index (χ2v) is 20.9. The van der Waals surface area contributed by atoms with E-state index in [2.05, 4.69) is 165 Å². The van der Waals surface area contributed by atoms with E-state index < -0.39 is 21.6 Å². The molecular weight excluding hydrogens is 719 g/mol. The first-order valence-corrected chi connectivity index (χ1v) is 23.2. The number of fused-ring (bicyclic) bond motifs is 2. The molecule has 0 bridgehead atoms. The van der Waals surface area contributed by atoms with Crippen molar-refractivity contribution < 1.29 is 9.47 Å². The summed E-state index contributed by atoms with van der Waals surface area (Å²) in [5, 5.41) is 8.42. The summed E-state index contributed by atoms with van der Waals surface area (Å²) >= 11 is 0. The molecule has 9 rings (SSSR count). The van der Waals surface area contributed by atoms with Gasteiger partial charge in [-0.3, -0.25) is 0 Å². The molecule has 2 atom stereocenters. The molecule has 56 heavy (non-hydrogen) atoms. The predicted molar refractivity (Wildman–Crippen MR) is 240 cm³/mol. The van der Waals surface area contributed by atoms with Gasteiger partial charge in [0.2, 0.25) is 0 Å². The molecule has 1 saturated carbocycles. The van der Waals surface area contributed by atoms with Crippen LogP contribution in [0.25, 0.3) is 0 Å². The molecule has 6 aromatic rings. The molecule has 0 unspecified atom stereocenters. The standard InChI is InChI=1S/C52H54O2P2/c1-32-16-9-17-33(2)48(32)55(49-34(3)18-10-19-35(49)4)44-28-13-24-40-30-42-26-15-27-43-31-41-25-14-29-45(47(41)54-52(42,43)53-46(40)44)56(50-36(5)20-11-21-37(50)6)51-38(7)22-12-23-39(51)8/h9-14,16-25,28-29,42-43H,15,26-27,30-31H2,1-8H3/t42-,43-,52?/m0/s1. The van der Waals surface area contributed by atoms with Crippen LogP contribution in [-0.4, -0.2) is 5.79 Å². The average Bonchev–Trinajstić information content (AvgIpc) is 3.16. The SMILES string of the molecule is Cc1cccc(C)c1P(c1cccc2c1OC13Oc4c(cccc4P(c4c(C)cccc4C)c4c(C)cccc4C)C[C@@H]1CCC[C@H]3C2)c1c(C)cccc1C. The van der Waals surface area contributed by atoms with E-state index in [0.717, 1.165) is 37.2 Å². The minimum absolute atomic E-state index is 0.281. The van der Waals surface area contributed by atoms with Gasteiger partial charge in [0.05, 0.1) is 0 Å². The molecule has 2 heterocycles. The number of para-hydroxylation sites is 2. The molecule has 2 nitrogen and oxygen atoms in total. The molecule has 0 radical (unpaired) electrons. The summed E-state index contributed by atoms with van der Waals surface area (Å²) in [6.07, 6.45) is 5.39. The van der Waals surface area contributed by atoms with Crippen molar-refractivity contribution in [1.29, 1.82) is 0 Å². The fourth-order valence-corrected chi connectivity index (χ4v) is 16.5. The highest BCUT2D eigenvalue weighted by Gasteiger charge is 2.58. The van der Waals surface area contributed by atoms with Gasteiger partial charge in [0.15, 0.2) is 0 Å². The van der Waals surface area contributed by atoms with Crippen molar-refractivity contribution in [2.75, 3.05) is 0 Å². The zero-order valence-corrected chi connectivity index (χ0v) is 36.1. The topological polar surface area (TPSA) is 18.5 Å². The van der Waals surface area contributed by atoms with E-state index in [9.17, 15) is 0 Å². The monoisotopic (exact) mass is 772 g/mol. The number of hydrogen-bond acceptors (Lipinski definition) is 2. The van der Waals surface area contributed by atoms with E-state index in [4.69, 9.17) is 9.47 Å². The summed E-state index contributed by atoms with van der Waals surface area (Å²) in [6.45, 7) is 18.3. The van der Waals surface area contributed by atoms with Crippen molar-refractivity contribution in [1.82, 2.24) is 0 Å². The van der Waals surface area contributed by atoms with Crippen LogP contribution in [0.5, 0.6) is 11.5 Å². The van der Waals surface area contributed by atoms with Crippen LogP contribution in [0.15, 0.2) is 109 Å². The second kappa shape index (κ2) is 14.6. The Morgan fingerprint density at radius 2 is 0.696 bits per heavy atom. The molecule has 2 aliphatic heterocycles. The zero-order valence-electron chi connectivity index (χ0n) is 34.3. The predicted octanol–water partition coefficient (Wildman–Crippen LogP) is 10.4. The van der Waals surface area contributed by atoms with Crippen LogP contribution in [0.1, 0.15) is 74.9 Å². The van der Waals surface area contributed by atoms with Gasteiger partial charge < -0.3 is 9.47 Å². The number of ether oxygens (including phenoxy) is 2. The normalized spacial score (nSPS) is 19.8. The third-order valence-corrected chi connectivity index (χ3v) is 19.3. The van der Waals surface area contributed by atoms with Crippen LogP contribution in [0.4, 0.5) is 0 Å². The average molecular weight is 773 g/mol. The Labute approximate surface area is 337 Å². The molecular formula is C52H54O2P2. The van der Waals surface area contributed by atoms with E-state index in [1.165, 1.54) is 93.9 Å². The fraction of sp³-hybridized carbons (Fsp3) is 0.308. The summed E-state index contributed by atoms with van der Waals surface area (Å²) < 4.78 is 15.7. The van der Waals surface area contributed by atoms with Crippen molar-refractivity contribution in [3.8, 4) is 11.5 Å². The molecule has 0 N–H and O–H groups in total. The maximum absolute atomic E-state index is 7.84. The van der Waals surface area contributed by atoms with Crippen LogP contribution >= 0.6 is 15.8 Å². The van der Waals surface area contributed by atoms with E-state index in [1.54, 1.807) is 0 Å². The van der Waals surface area contributed by atoms with Crippen molar-refractivity contribution in [3.05, 3.63) is 165 Å². The lowest BCUT2D eigenvalue weighted by molar-refractivity contribution is -0.225. The molecule has 1 aliphatic carbocycles. The van der Waals surface area contributed by atoms with Crippen molar-refractivity contribution in [2.24, 2.45) is 11.8 Å². The largest absolute Gasteiger partial charge is 0.451 e. The summed E-state index contributed by atoms with van der Waals surface area (Å²) in [6, 6.07) is 41.2. The third-order valence-electron chi connectivity index (χ3n) is 13.0. The summed E-state index contributed by atoms with van der Waals surface area (Å²) in [5.41, 5.74) is 13.4. The van der Waals surface area contributed by atoms with E-state index >= 15 is 0 Å². The van der Waals surface area contributed by atoms with E-state index in [-0.39, 0.29) is 11.8 Å². The highest BCUT2D eigenvalue weighted by molar-refractivity contribution is 7.80. The smallest absolute Gasteiger partial charge is 0.257 e. The van der Waals surface area contributed by atoms with Crippen LogP contribution in [0.2, 0.25) is 0 Å². The van der Waals surface area contributed by atoms with Gasteiger partial charge in [0, 0.05) is 22.4 Å². The summed E-state index contributed by atoms with van der Waals surface area (Å²) in [4.78, 5) is 0. The Bertz CT molecular complexity index is 2140. The zero-order chi connectivity index (χ0) is 38.9. The number of hydrogen-bond donors (Lipinski definition) is 0. The van der Waals surface area contributed by atoms with Gasteiger partial charge in [-0.05, 0) is 174 Å². The van der Waals surface area contributed by atoms with Crippen molar-refractivity contribution >= 4 is 47.7 Å². The molecule has 1 fully saturated rings. The molecule has 0 saturated heterocycles. The van der Waals surface area contributed by atoms with Gasteiger partial charge in [-0.25, -0.2) is 0 Å². The van der Waals surface area contributed by atoms with E-state index in [1.807, 2.05) is 0 Å². The van der Waals surface area contributed by atoms with Gasteiger partial charge in [0.25, 0.3) is 5.79 Å². The minimum Gasteiger partial charge on any atom is -0.451 e. The lowest BCUT2D eigenvalue weighted by Crippen LogP contribution is -2.62. The first-order chi connectivity index (χ1) is 27.1. The van der Waals surface area contributed by atoms with Crippen LogP contribution in [0.3, 0.4) is 0 Å². The summed E-state index contributed by atoms with van der Waals surface area (Å²) in [5.74, 6) is 1.97. The lowest BCUT2D eigenvalue weighted by atomic mass is 9.68. The second-order valence-electron chi connectivity index (χ2n) is 16.8. The quantitative estimate of drug-likeness (QED) is 0.157. The molecule has 1 spiro atoms. The first kappa shape index (κ1) is 37.4. The fourth-order valence-electron chi connectivity index (χ4n) is 10.4. The van der Waals surface area contributed by atoms with Gasteiger partial charge in [-0.15, -0.1) is 0 Å². The van der Waals surface area contributed by atoms with Crippen molar-refractivity contribution in [2.45, 2.75) is 93.3 Å². The minimum atomic E-state index is -0.918. The van der Waals surface area contributed by atoms with Crippen molar-refractivity contribution in [3.63, 3.8) is 0 Å². The highest BCUT2D eigenvalue weighted by atomic mass is 31.1. The number of aryl methyl sites for hydroxylation is 8. The molecule has 6 aromatic carbocycles. The van der Waals surface area contributed by atoms with E-state index in [0.29, 0.717) is 0 Å². The van der Waals surface area contributed by atoms with Crippen LogP contribution in [-0.2, 0) is 12.8 Å². The Hall–Kier alpha value is -4.22. The first-order valence-electron chi connectivity index (χ1n) is 20.5. The van der Waals surface area contributed by atoms with Crippen LogP contribution < -0.4 is 41.3 Å². The van der Waals surface area contributed by atoms with Gasteiger partial charge in [-0.1, -0.05) is 116 Å². The Balaban J connectivity index is 1.24. The van der Waals surface area contributed by atoms with Gasteiger partial charge >= 0.3 is 0 Å². The maximum atomic E-state index is 7.84. The number of benzene rings is 6. The molecule has 0 aromatic heterocycles. The number of rotatable bonds is 6. The Morgan fingerprint density at radius 3 is 1.00 bits per heavy atom. The molecule has 0 amide bonds. The Morgan fingerprint density at radius 1 is 0.411 bits per heavy atom.